The summed E-state index contributed by atoms with van der Waals surface area (Å²) in [5, 5.41) is 6.20. The quantitative estimate of drug-likeness (QED) is 0.533. The Morgan fingerprint density at radius 3 is 2.39 bits per heavy atom. The summed E-state index contributed by atoms with van der Waals surface area (Å²) < 4.78 is 26.7. The maximum atomic E-state index is 12.2. The number of amides is 1. The average molecular weight is 405 g/mol. The molecule has 8 heteroatoms. The van der Waals surface area contributed by atoms with E-state index in [2.05, 4.69) is 20.3 Å². The van der Waals surface area contributed by atoms with E-state index in [1.807, 2.05) is 32.0 Å². The van der Waals surface area contributed by atoms with E-state index >= 15 is 0 Å². The van der Waals surface area contributed by atoms with Crippen molar-refractivity contribution in [3.05, 3.63) is 60.4 Å². The summed E-state index contributed by atoms with van der Waals surface area (Å²) in [4.78, 5) is 16.2. The van der Waals surface area contributed by atoms with Gasteiger partial charge in [0.1, 0.15) is 0 Å². The Hall–Kier alpha value is -2.45. The number of nitrogens with zero attached hydrogens (tertiary/aromatic N) is 1. The SMILES string of the molecule is CC(C)[C@@H](CCNc1ccncc1)NC(=O)CNS(=O)(=O)Cc1ccccc1. The smallest absolute Gasteiger partial charge is 0.235 e. The lowest BCUT2D eigenvalue weighted by Gasteiger charge is -2.23. The highest BCUT2D eigenvalue weighted by atomic mass is 32.2. The Bertz CT molecular complexity index is 827. The van der Waals surface area contributed by atoms with Crippen LogP contribution in [0.25, 0.3) is 0 Å². The van der Waals surface area contributed by atoms with Crippen molar-refractivity contribution in [1.29, 1.82) is 0 Å². The van der Waals surface area contributed by atoms with Crippen molar-refractivity contribution >= 4 is 21.6 Å². The van der Waals surface area contributed by atoms with Crippen molar-refractivity contribution in [1.82, 2.24) is 15.0 Å². The molecular weight excluding hydrogens is 376 g/mol. The second kappa shape index (κ2) is 10.8. The van der Waals surface area contributed by atoms with Gasteiger partial charge in [-0.1, -0.05) is 44.2 Å². The topological polar surface area (TPSA) is 100 Å². The van der Waals surface area contributed by atoms with Crippen molar-refractivity contribution in [3.63, 3.8) is 0 Å². The molecule has 0 unspecified atom stereocenters. The van der Waals surface area contributed by atoms with Gasteiger partial charge in [-0.05, 0) is 30.0 Å². The minimum absolute atomic E-state index is 0.0551. The number of carbonyl (C=O) groups is 1. The molecule has 3 N–H and O–H groups in total. The molecular formula is C20H28N4O3S. The van der Waals surface area contributed by atoms with Crippen molar-refractivity contribution in [3.8, 4) is 0 Å². The fourth-order valence-electron chi connectivity index (χ4n) is 2.69. The number of aromatic nitrogens is 1. The molecule has 0 aliphatic carbocycles. The fourth-order valence-corrected chi connectivity index (χ4v) is 3.78. The lowest BCUT2D eigenvalue weighted by molar-refractivity contribution is -0.121. The molecule has 0 saturated carbocycles. The van der Waals surface area contributed by atoms with Crippen LogP contribution in [0.1, 0.15) is 25.8 Å². The number of rotatable bonds is 11. The van der Waals surface area contributed by atoms with Crippen LogP contribution < -0.4 is 15.4 Å². The van der Waals surface area contributed by atoms with Gasteiger partial charge in [0, 0.05) is 30.7 Å². The van der Waals surface area contributed by atoms with Crippen molar-refractivity contribution in [2.75, 3.05) is 18.4 Å². The summed E-state index contributed by atoms with van der Waals surface area (Å²) in [5.41, 5.74) is 1.65. The Morgan fingerprint density at radius 2 is 1.75 bits per heavy atom. The maximum Gasteiger partial charge on any atom is 0.235 e. The summed E-state index contributed by atoms with van der Waals surface area (Å²) >= 11 is 0. The van der Waals surface area contributed by atoms with Crippen LogP contribution in [0.3, 0.4) is 0 Å². The van der Waals surface area contributed by atoms with Gasteiger partial charge in [-0.2, -0.15) is 0 Å². The highest BCUT2D eigenvalue weighted by molar-refractivity contribution is 7.88. The van der Waals surface area contributed by atoms with Crippen LogP contribution in [0.5, 0.6) is 0 Å². The van der Waals surface area contributed by atoms with E-state index in [-0.39, 0.29) is 30.2 Å². The molecule has 2 rings (SSSR count). The zero-order valence-electron chi connectivity index (χ0n) is 16.3. The molecule has 1 amide bonds. The highest BCUT2D eigenvalue weighted by Gasteiger charge is 2.18. The molecule has 152 valence electrons. The van der Waals surface area contributed by atoms with E-state index in [0.717, 1.165) is 12.1 Å². The molecule has 0 aliphatic rings. The molecule has 7 nitrogen and oxygen atoms in total. The third-order valence-corrected chi connectivity index (χ3v) is 5.57. The van der Waals surface area contributed by atoms with Gasteiger partial charge in [-0.25, -0.2) is 13.1 Å². The standard InChI is InChI=1S/C20H28N4O3S/c1-16(2)19(10-13-22-18-8-11-21-12-9-18)24-20(25)14-23-28(26,27)15-17-6-4-3-5-7-17/h3-9,11-12,16,19,23H,10,13-15H2,1-2H3,(H,21,22)(H,24,25)/t19-/m1/s1. The van der Waals surface area contributed by atoms with Crippen LogP contribution >= 0.6 is 0 Å². The van der Waals surface area contributed by atoms with E-state index in [0.29, 0.717) is 12.1 Å². The largest absolute Gasteiger partial charge is 0.385 e. The predicted octanol–water partition coefficient (Wildman–Crippen LogP) is 2.14. The summed E-state index contributed by atoms with van der Waals surface area (Å²) in [6.45, 7) is 4.47. The summed E-state index contributed by atoms with van der Waals surface area (Å²) in [6.07, 6.45) is 4.15. The van der Waals surface area contributed by atoms with Crippen molar-refractivity contribution in [2.24, 2.45) is 5.92 Å². The number of pyridine rings is 1. The number of benzene rings is 1. The first kappa shape index (κ1) is 21.8. The zero-order chi connectivity index (χ0) is 20.4. The molecule has 1 atom stereocenters. The Balaban J connectivity index is 1.78. The van der Waals surface area contributed by atoms with Gasteiger partial charge in [-0.15, -0.1) is 0 Å². The van der Waals surface area contributed by atoms with Gasteiger partial charge in [0.15, 0.2) is 0 Å². The minimum Gasteiger partial charge on any atom is -0.385 e. The van der Waals surface area contributed by atoms with E-state index in [1.165, 1.54) is 0 Å². The third-order valence-electron chi connectivity index (χ3n) is 4.27. The fraction of sp³-hybridized carbons (Fsp3) is 0.400. The molecule has 0 aliphatic heterocycles. The van der Waals surface area contributed by atoms with E-state index in [4.69, 9.17) is 0 Å². The molecule has 1 aromatic carbocycles. The molecule has 0 spiro atoms. The first-order valence-electron chi connectivity index (χ1n) is 9.30. The number of nitrogens with one attached hydrogen (secondary N) is 3. The predicted molar refractivity (Wildman–Crippen MR) is 111 cm³/mol. The van der Waals surface area contributed by atoms with Gasteiger partial charge in [0.2, 0.25) is 15.9 Å². The van der Waals surface area contributed by atoms with Gasteiger partial charge < -0.3 is 10.6 Å². The molecule has 1 heterocycles. The molecule has 1 aromatic heterocycles. The van der Waals surface area contributed by atoms with Crippen LogP contribution in [0.15, 0.2) is 54.9 Å². The summed E-state index contributed by atoms with van der Waals surface area (Å²) in [7, 11) is -3.57. The van der Waals surface area contributed by atoms with Gasteiger partial charge in [0.25, 0.3) is 0 Å². The van der Waals surface area contributed by atoms with Crippen LogP contribution in [-0.4, -0.2) is 38.4 Å². The van der Waals surface area contributed by atoms with Crippen molar-refractivity contribution < 1.29 is 13.2 Å². The Morgan fingerprint density at radius 1 is 1.07 bits per heavy atom. The molecule has 0 saturated heterocycles. The number of hydrogen-bond acceptors (Lipinski definition) is 5. The van der Waals surface area contributed by atoms with Crippen LogP contribution in [0, 0.1) is 5.92 Å². The lowest BCUT2D eigenvalue weighted by Crippen LogP contribution is -2.45. The second-order valence-electron chi connectivity index (χ2n) is 6.94. The molecule has 2 aromatic rings. The average Bonchev–Trinajstić information content (AvgIpc) is 2.67. The highest BCUT2D eigenvalue weighted by Crippen LogP contribution is 2.09. The van der Waals surface area contributed by atoms with Crippen molar-refractivity contribution in [2.45, 2.75) is 32.1 Å². The maximum absolute atomic E-state index is 12.2. The Kier molecular flexibility index (Phi) is 8.41. The van der Waals surface area contributed by atoms with Crippen LogP contribution in [0.4, 0.5) is 5.69 Å². The van der Waals surface area contributed by atoms with Gasteiger partial charge in [-0.3, -0.25) is 9.78 Å². The second-order valence-corrected chi connectivity index (χ2v) is 8.74. The van der Waals surface area contributed by atoms with E-state index in [9.17, 15) is 13.2 Å². The van der Waals surface area contributed by atoms with E-state index < -0.39 is 10.0 Å². The van der Waals surface area contributed by atoms with Crippen LogP contribution in [0.2, 0.25) is 0 Å². The summed E-state index contributed by atoms with van der Waals surface area (Å²) in [6, 6.07) is 12.6. The number of anilines is 1. The minimum atomic E-state index is -3.57. The number of hydrogen-bond donors (Lipinski definition) is 3. The third kappa shape index (κ3) is 8.06. The molecule has 0 radical (unpaired) electrons. The van der Waals surface area contributed by atoms with Crippen LogP contribution in [-0.2, 0) is 20.6 Å². The summed E-state index contributed by atoms with van der Waals surface area (Å²) in [5.74, 6) is -0.256. The van der Waals surface area contributed by atoms with E-state index in [1.54, 1.807) is 36.7 Å². The number of sulfonamides is 1. The normalized spacial score (nSPS) is 12.5. The zero-order valence-corrected chi connectivity index (χ0v) is 17.1. The first-order chi connectivity index (χ1) is 13.4. The number of carbonyl (C=O) groups excluding carboxylic acids is 1. The first-order valence-corrected chi connectivity index (χ1v) is 11.0. The monoisotopic (exact) mass is 404 g/mol. The lowest BCUT2D eigenvalue weighted by atomic mass is 10.0. The molecule has 28 heavy (non-hydrogen) atoms. The molecule has 0 bridgehead atoms. The van der Waals surface area contributed by atoms with Gasteiger partial charge >= 0.3 is 0 Å². The Labute approximate surface area is 167 Å². The molecule has 0 fully saturated rings. The van der Waals surface area contributed by atoms with Gasteiger partial charge in [0.05, 0.1) is 12.3 Å².